The van der Waals surface area contributed by atoms with Crippen LogP contribution in [0.1, 0.15) is 0 Å². The standard InChI is InChI=1S/C12H7BrFN3/c13-11-10-7-15-4-5-17(10)12(16-11)8-2-1-3-9(14)6-8/h1-7H. The van der Waals surface area contributed by atoms with Crippen molar-refractivity contribution in [1.29, 1.82) is 0 Å². The fraction of sp³-hybridized carbons (Fsp3) is 0. The number of benzene rings is 1. The van der Waals surface area contributed by atoms with Gasteiger partial charge in [-0.25, -0.2) is 9.37 Å². The minimum atomic E-state index is -0.274. The summed E-state index contributed by atoms with van der Waals surface area (Å²) in [6.45, 7) is 0. The molecule has 0 aliphatic carbocycles. The Kier molecular flexibility index (Phi) is 2.40. The van der Waals surface area contributed by atoms with Gasteiger partial charge in [0.15, 0.2) is 0 Å². The van der Waals surface area contributed by atoms with E-state index in [1.807, 2.05) is 10.5 Å². The van der Waals surface area contributed by atoms with Crippen LogP contribution >= 0.6 is 15.9 Å². The number of nitrogens with zero attached hydrogens (tertiary/aromatic N) is 3. The van der Waals surface area contributed by atoms with Gasteiger partial charge in [-0.15, -0.1) is 0 Å². The van der Waals surface area contributed by atoms with Crippen LogP contribution in [0.5, 0.6) is 0 Å². The van der Waals surface area contributed by atoms with Crippen molar-refractivity contribution in [2.24, 2.45) is 0 Å². The average molecular weight is 292 g/mol. The second kappa shape index (κ2) is 3.92. The molecule has 1 aromatic carbocycles. The van der Waals surface area contributed by atoms with Gasteiger partial charge in [0.25, 0.3) is 0 Å². The number of rotatable bonds is 1. The van der Waals surface area contributed by atoms with Crippen LogP contribution in [0.2, 0.25) is 0 Å². The molecule has 3 rings (SSSR count). The summed E-state index contributed by atoms with van der Waals surface area (Å²) in [7, 11) is 0. The van der Waals surface area contributed by atoms with Gasteiger partial charge < -0.3 is 0 Å². The molecular weight excluding hydrogens is 285 g/mol. The number of aromatic nitrogens is 3. The van der Waals surface area contributed by atoms with E-state index in [4.69, 9.17) is 0 Å². The largest absolute Gasteiger partial charge is 0.296 e. The molecule has 2 aromatic heterocycles. The third kappa shape index (κ3) is 1.72. The number of imidazole rings is 1. The molecule has 0 aliphatic rings. The van der Waals surface area contributed by atoms with E-state index in [1.54, 1.807) is 24.7 Å². The summed E-state index contributed by atoms with van der Waals surface area (Å²) in [5.41, 5.74) is 1.59. The molecule has 0 saturated carbocycles. The van der Waals surface area contributed by atoms with Crippen LogP contribution < -0.4 is 0 Å². The molecular formula is C12H7BrFN3. The molecule has 3 nitrogen and oxygen atoms in total. The number of hydrogen-bond acceptors (Lipinski definition) is 2. The third-order valence-corrected chi connectivity index (χ3v) is 3.07. The van der Waals surface area contributed by atoms with Gasteiger partial charge in [0.2, 0.25) is 0 Å². The predicted molar refractivity (Wildman–Crippen MR) is 66.1 cm³/mol. The Balaban J connectivity index is 2.31. The molecule has 0 spiro atoms. The molecule has 0 amide bonds. The summed E-state index contributed by atoms with van der Waals surface area (Å²) in [5.74, 6) is 0.415. The average Bonchev–Trinajstić information content (AvgIpc) is 2.68. The van der Waals surface area contributed by atoms with Crippen LogP contribution in [0.25, 0.3) is 16.9 Å². The fourth-order valence-corrected chi connectivity index (χ4v) is 2.20. The Hall–Kier alpha value is -1.75. The lowest BCUT2D eigenvalue weighted by Gasteiger charge is -2.00. The maximum atomic E-state index is 13.2. The Morgan fingerprint density at radius 3 is 3.00 bits per heavy atom. The lowest BCUT2D eigenvalue weighted by Crippen LogP contribution is -1.89. The zero-order valence-electron chi connectivity index (χ0n) is 8.64. The Morgan fingerprint density at radius 2 is 2.18 bits per heavy atom. The lowest BCUT2D eigenvalue weighted by atomic mass is 10.2. The lowest BCUT2D eigenvalue weighted by molar-refractivity contribution is 0.628. The van der Waals surface area contributed by atoms with E-state index >= 15 is 0 Å². The maximum Gasteiger partial charge on any atom is 0.146 e. The Bertz CT molecular complexity index is 693. The Labute approximate surface area is 105 Å². The van der Waals surface area contributed by atoms with Gasteiger partial charge in [0.05, 0.1) is 11.7 Å². The monoisotopic (exact) mass is 291 g/mol. The molecule has 0 saturated heterocycles. The van der Waals surface area contributed by atoms with Crippen molar-refractivity contribution in [3.8, 4) is 11.4 Å². The first-order chi connectivity index (χ1) is 8.25. The molecule has 0 radical (unpaired) electrons. The smallest absolute Gasteiger partial charge is 0.146 e. The molecule has 0 unspecified atom stereocenters. The molecule has 3 aromatic rings. The zero-order valence-corrected chi connectivity index (χ0v) is 10.2. The van der Waals surface area contributed by atoms with Gasteiger partial charge in [0, 0.05) is 18.0 Å². The first-order valence-electron chi connectivity index (χ1n) is 4.99. The van der Waals surface area contributed by atoms with Crippen molar-refractivity contribution >= 4 is 21.4 Å². The second-order valence-corrected chi connectivity index (χ2v) is 4.32. The number of hydrogen-bond donors (Lipinski definition) is 0. The number of halogens is 2. The van der Waals surface area contributed by atoms with Crippen LogP contribution in [-0.2, 0) is 0 Å². The second-order valence-electron chi connectivity index (χ2n) is 3.57. The predicted octanol–water partition coefficient (Wildman–Crippen LogP) is 3.30. The molecule has 0 bridgehead atoms. The van der Waals surface area contributed by atoms with Gasteiger partial charge in [-0.2, -0.15) is 0 Å². The normalized spacial score (nSPS) is 10.9. The highest BCUT2D eigenvalue weighted by Gasteiger charge is 2.10. The highest BCUT2D eigenvalue weighted by molar-refractivity contribution is 9.10. The van der Waals surface area contributed by atoms with E-state index in [0.717, 1.165) is 11.1 Å². The van der Waals surface area contributed by atoms with E-state index in [0.29, 0.717) is 10.4 Å². The van der Waals surface area contributed by atoms with Crippen molar-refractivity contribution in [1.82, 2.24) is 14.4 Å². The highest BCUT2D eigenvalue weighted by Crippen LogP contribution is 2.25. The minimum Gasteiger partial charge on any atom is -0.296 e. The van der Waals surface area contributed by atoms with Gasteiger partial charge in [0.1, 0.15) is 16.2 Å². The van der Waals surface area contributed by atoms with Crippen LogP contribution in [-0.4, -0.2) is 14.4 Å². The van der Waals surface area contributed by atoms with Crippen LogP contribution in [0.3, 0.4) is 0 Å². The molecule has 84 valence electrons. The van der Waals surface area contributed by atoms with Crippen molar-refractivity contribution in [2.45, 2.75) is 0 Å². The zero-order chi connectivity index (χ0) is 11.8. The summed E-state index contributed by atoms with van der Waals surface area (Å²) in [4.78, 5) is 8.41. The van der Waals surface area contributed by atoms with Crippen LogP contribution in [0.15, 0.2) is 47.5 Å². The quantitative estimate of drug-likeness (QED) is 0.689. The van der Waals surface area contributed by atoms with Crippen molar-refractivity contribution in [3.05, 3.63) is 53.3 Å². The fourth-order valence-electron chi connectivity index (χ4n) is 1.73. The summed E-state index contributed by atoms with van der Waals surface area (Å²) < 4.78 is 15.8. The van der Waals surface area contributed by atoms with E-state index in [2.05, 4.69) is 25.9 Å². The topological polar surface area (TPSA) is 30.2 Å². The molecule has 2 heterocycles. The van der Waals surface area contributed by atoms with Crippen LogP contribution in [0.4, 0.5) is 4.39 Å². The summed E-state index contributed by atoms with van der Waals surface area (Å²) in [6, 6.07) is 6.36. The number of fused-ring (bicyclic) bond motifs is 1. The van der Waals surface area contributed by atoms with E-state index in [-0.39, 0.29) is 5.82 Å². The molecule has 0 N–H and O–H groups in total. The van der Waals surface area contributed by atoms with Crippen molar-refractivity contribution in [3.63, 3.8) is 0 Å². The van der Waals surface area contributed by atoms with Crippen molar-refractivity contribution < 1.29 is 4.39 Å². The SMILES string of the molecule is Fc1cccc(-c2nc(Br)c3cnccn23)c1. The maximum absolute atomic E-state index is 13.2. The first-order valence-corrected chi connectivity index (χ1v) is 5.78. The molecule has 17 heavy (non-hydrogen) atoms. The van der Waals surface area contributed by atoms with E-state index < -0.39 is 0 Å². The van der Waals surface area contributed by atoms with Gasteiger partial charge in [-0.05, 0) is 28.1 Å². The van der Waals surface area contributed by atoms with E-state index in [1.165, 1.54) is 12.1 Å². The molecule has 0 atom stereocenters. The van der Waals surface area contributed by atoms with E-state index in [9.17, 15) is 4.39 Å². The van der Waals surface area contributed by atoms with Gasteiger partial charge in [-0.3, -0.25) is 9.38 Å². The highest BCUT2D eigenvalue weighted by atomic mass is 79.9. The summed E-state index contributed by atoms with van der Waals surface area (Å²) >= 11 is 3.37. The summed E-state index contributed by atoms with van der Waals surface area (Å²) in [6.07, 6.45) is 5.18. The first kappa shape index (κ1) is 10.4. The molecule has 0 fully saturated rings. The van der Waals surface area contributed by atoms with Crippen molar-refractivity contribution in [2.75, 3.05) is 0 Å². The van der Waals surface area contributed by atoms with Gasteiger partial charge in [-0.1, -0.05) is 12.1 Å². The Morgan fingerprint density at radius 1 is 1.29 bits per heavy atom. The van der Waals surface area contributed by atoms with Crippen LogP contribution in [0, 0.1) is 5.82 Å². The minimum absolute atomic E-state index is 0.274. The molecule has 0 aliphatic heterocycles. The molecule has 5 heteroatoms. The van der Waals surface area contributed by atoms with Gasteiger partial charge >= 0.3 is 0 Å². The third-order valence-electron chi connectivity index (χ3n) is 2.48. The summed E-state index contributed by atoms with van der Waals surface area (Å²) in [5, 5.41) is 0.